The number of amides is 1. The smallest absolute Gasteiger partial charge is 0.306 e. The summed E-state index contributed by atoms with van der Waals surface area (Å²) in [6.07, 6.45) is 4.53. The first-order valence-corrected chi connectivity index (χ1v) is 17.5. The average molecular weight is 675 g/mol. The topological polar surface area (TPSA) is 87.2 Å². The molecule has 2 aromatic carbocycles. The van der Waals surface area contributed by atoms with Crippen LogP contribution in [0.3, 0.4) is 0 Å². The number of hydrogen-bond donors (Lipinski definition) is 0. The van der Waals surface area contributed by atoms with Crippen LogP contribution in [0.4, 0.5) is 0 Å². The summed E-state index contributed by atoms with van der Waals surface area (Å²) in [6, 6.07) is 12.0. The Labute approximate surface area is 289 Å². The van der Waals surface area contributed by atoms with Crippen LogP contribution >= 0.6 is 11.6 Å². The van der Waals surface area contributed by atoms with Gasteiger partial charge in [-0.05, 0) is 102 Å². The van der Waals surface area contributed by atoms with Crippen LogP contribution in [-0.4, -0.2) is 39.7 Å². The molecule has 1 saturated carbocycles. The Morgan fingerprint density at radius 2 is 1.75 bits per heavy atom. The number of aryl methyl sites for hydroxylation is 2. The summed E-state index contributed by atoms with van der Waals surface area (Å²) in [4.78, 5) is 33.2. The van der Waals surface area contributed by atoms with Gasteiger partial charge >= 0.3 is 5.97 Å². The van der Waals surface area contributed by atoms with Crippen molar-refractivity contribution in [1.29, 1.82) is 0 Å². The second kappa shape index (κ2) is 13.3. The Balaban J connectivity index is 1.17. The number of carbonyl (C=O) groups is 2. The maximum atomic E-state index is 14.2. The van der Waals surface area contributed by atoms with E-state index in [1.807, 2.05) is 89.8 Å². The second-order valence-corrected chi connectivity index (χ2v) is 15.2. The van der Waals surface area contributed by atoms with Crippen molar-refractivity contribution >= 4 is 23.5 Å². The molecule has 9 heteroatoms. The van der Waals surface area contributed by atoms with Gasteiger partial charge in [0.15, 0.2) is 11.5 Å². The molecule has 1 aliphatic carbocycles. The quantitative estimate of drug-likeness (QED) is 0.222. The van der Waals surface area contributed by atoms with E-state index >= 15 is 0 Å². The molecule has 1 unspecified atom stereocenters. The summed E-state index contributed by atoms with van der Waals surface area (Å²) in [7, 11) is 0. The van der Waals surface area contributed by atoms with Crippen molar-refractivity contribution < 1.29 is 28.5 Å². The Kier molecular flexibility index (Phi) is 9.42. The van der Waals surface area contributed by atoms with Crippen molar-refractivity contribution in [2.24, 2.45) is 11.8 Å². The first-order valence-electron chi connectivity index (χ1n) is 17.1. The van der Waals surface area contributed by atoms with Crippen molar-refractivity contribution in [2.75, 3.05) is 6.54 Å². The van der Waals surface area contributed by atoms with Gasteiger partial charge in [0, 0.05) is 42.6 Å². The van der Waals surface area contributed by atoms with Crippen LogP contribution in [0.25, 0.3) is 0 Å². The summed E-state index contributed by atoms with van der Waals surface area (Å²) < 4.78 is 25.0. The molecule has 0 bridgehead atoms. The third kappa shape index (κ3) is 7.00. The van der Waals surface area contributed by atoms with E-state index in [4.69, 9.17) is 35.5 Å². The van der Waals surface area contributed by atoms with E-state index in [1.165, 1.54) is 0 Å². The van der Waals surface area contributed by atoms with Gasteiger partial charge in [0.1, 0.15) is 12.2 Å². The minimum Gasteiger partial charge on any atom is -0.473 e. The monoisotopic (exact) mass is 674 g/mol. The summed E-state index contributed by atoms with van der Waals surface area (Å²) >= 11 is 7.03. The lowest BCUT2D eigenvalue weighted by Crippen LogP contribution is -2.45. The fourth-order valence-corrected chi connectivity index (χ4v) is 7.73. The van der Waals surface area contributed by atoms with Gasteiger partial charge < -0.3 is 23.8 Å². The van der Waals surface area contributed by atoms with Crippen molar-refractivity contribution in [3.05, 3.63) is 80.5 Å². The van der Waals surface area contributed by atoms with E-state index in [9.17, 15) is 9.59 Å². The van der Waals surface area contributed by atoms with Crippen LogP contribution in [-0.2, 0) is 29.1 Å². The predicted octanol–water partition coefficient (Wildman–Crippen LogP) is 8.46. The van der Waals surface area contributed by atoms with E-state index in [-0.39, 0.29) is 23.7 Å². The highest BCUT2D eigenvalue weighted by molar-refractivity contribution is 6.34. The number of nitrogens with zero attached hydrogens (tertiary/aromatic N) is 2. The van der Waals surface area contributed by atoms with E-state index in [1.54, 1.807) is 0 Å². The SMILES string of the molecule is Cc1cc(C)c(CN2CCc3c(Cl)c4c(c(C)c3C2=O)OC(C)(C2CCC(CC(=O)OC(C)(C)C)CC2)O4)c(OCc2ccccc2)n1. The van der Waals surface area contributed by atoms with E-state index in [0.29, 0.717) is 60.5 Å². The van der Waals surface area contributed by atoms with Crippen molar-refractivity contribution in [2.45, 2.75) is 112 Å². The molecular weight excluding hydrogens is 628 g/mol. The number of rotatable bonds is 8. The maximum absolute atomic E-state index is 14.2. The highest BCUT2D eigenvalue weighted by atomic mass is 35.5. The fourth-order valence-electron chi connectivity index (χ4n) is 7.41. The zero-order valence-corrected chi connectivity index (χ0v) is 30.0. The van der Waals surface area contributed by atoms with E-state index in [2.05, 4.69) is 0 Å². The summed E-state index contributed by atoms with van der Waals surface area (Å²) in [6.45, 7) is 14.8. The zero-order chi connectivity index (χ0) is 34.4. The van der Waals surface area contributed by atoms with Crippen LogP contribution in [0.1, 0.15) is 104 Å². The normalized spacial score (nSPS) is 22.0. The van der Waals surface area contributed by atoms with Gasteiger partial charge in [-0.15, -0.1) is 0 Å². The van der Waals surface area contributed by atoms with Crippen molar-refractivity contribution in [3.63, 3.8) is 0 Å². The Bertz CT molecular complexity index is 1710. The Morgan fingerprint density at radius 3 is 2.44 bits per heavy atom. The number of esters is 1. The summed E-state index contributed by atoms with van der Waals surface area (Å²) in [5.41, 5.74) is 5.50. The fraction of sp³-hybridized carbons (Fsp3) is 0.513. The molecular formula is C39H47ClN2O6. The number of aromatic nitrogens is 1. The number of fused-ring (bicyclic) bond motifs is 2. The number of pyridine rings is 1. The van der Waals surface area contributed by atoms with Crippen molar-refractivity contribution in [3.8, 4) is 17.4 Å². The molecule has 1 atom stereocenters. The minimum atomic E-state index is -0.907. The first-order chi connectivity index (χ1) is 22.7. The van der Waals surface area contributed by atoms with Crippen LogP contribution < -0.4 is 14.2 Å². The molecule has 0 saturated heterocycles. The maximum Gasteiger partial charge on any atom is 0.306 e. The van der Waals surface area contributed by atoms with Crippen LogP contribution in [0.5, 0.6) is 17.4 Å². The first kappa shape index (κ1) is 34.1. The predicted molar refractivity (Wildman–Crippen MR) is 185 cm³/mol. The number of benzene rings is 2. The van der Waals surface area contributed by atoms with Gasteiger partial charge in [0.2, 0.25) is 5.88 Å². The molecule has 8 nitrogen and oxygen atoms in total. The highest BCUT2D eigenvalue weighted by Crippen LogP contribution is 2.54. The van der Waals surface area contributed by atoms with Crippen molar-refractivity contribution in [1.82, 2.24) is 9.88 Å². The molecule has 3 aromatic rings. The molecule has 1 amide bonds. The number of ether oxygens (including phenoxy) is 4. The average Bonchev–Trinajstić information content (AvgIpc) is 3.40. The Morgan fingerprint density at radius 1 is 1.06 bits per heavy atom. The van der Waals surface area contributed by atoms with Gasteiger partial charge in [-0.3, -0.25) is 9.59 Å². The largest absolute Gasteiger partial charge is 0.473 e. The van der Waals surface area contributed by atoms with Gasteiger partial charge in [-0.2, -0.15) is 0 Å². The van der Waals surface area contributed by atoms with Gasteiger partial charge in [0.25, 0.3) is 11.7 Å². The van der Waals surface area contributed by atoms with Crippen LogP contribution in [0.2, 0.25) is 5.02 Å². The van der Waals surface area contributed by atoms with Gasteiger partial charge in [0.05, 0.1) is 17.1 Å². The molecule has 0 radical (unpaired) electrons. The van der Waals surface area contributed by atoms with E-state index < -0.39 is 11.4 Å². The number of carbonyl (C=O) groups excluding carboxylic acids is 2. The van der Waals surface area contributed by atoms with Gasteiger partial charge in [-0.25, -0.2) is 4.98 Å². The summed E-state index contributed by atoms with van der Waals surface area (Å²) in [5, 5.41) is 0.459. The highest BCUT2D eigenvalue weighted by Gasteiger charge is 2.49. The zero-order valence-electron chi connectivity index (χ0n) is 29.2. The standard InChI is InChI=1S/C39H47ClN2O6/c1-23-19-24(2)41-36(45-22-27-11-9-8-10-12-27)30(23)21-42-18-17-29-32(37(42)44)25(3)34-35(33(29)40)48-39(7,47-34)28-15-13-26(14-16-28)20-31(43)46-38(4,5)6/h8-12,19,26,28H,13-18,20-22H2,1-7H3. The Hall–Kier alpha value is -3.78. The van der Waals surface area contributed by atoms with Gasteiger partial charge in [-0.1, -0.05) is 41.9 Å². The molecule has 256 valence electrons. The molecule has 3 heterocycles. The molecule has 6 rings (SSSR count). The molecule has 0 N–H and O–H groups in total. The lowest BCUT2D eigenvalue weighted by molar-refractivity contribution is -0.157. The second-order valence-electron chi connectivity index (χ2n) is 14.8. The molecule has 1 aromatic heterocycles. The molecule has 3 aliphatic rings. The van der Waals surface area contributed by atoms with E-state index in [0.717, 1.165) is 59.2 Å². The van der Waals surface area contributed by atoms with Crippen LogP contribution in [0.15, 0.2) is 36.4 Å². The lowest BCUT2D eigenvalue weighted by atomic mass is 9.77. The molecule has 48 heavy (non-hydrogen) atoms. The third-order valence-corrected chi connectivity index (χ3v) is 10.3. The molecule has 1 fully saturated rings. The molecule has 0 spiro atoms. The van der Waals surface area contributed by atoms with Crippen LogP contribution in [0, 0.1) is 32.6 Å². The minimum absolute atomic E-state index is 0.0905. The third-order valence-electron chi connectivity index (χ3n) is 9.90. The lowest BCUT2D eigenvalue weighted by Gasteiger charge is -2.37. The summed E-state index contributed by atoms with van der Waals surface area (Å²) in [5.74, 6) is 0.881. The number of hydrogen-bond acceptors (Lipinski definition) is 7. The number of halogens is 1. The molecule has 2 aliphatic heterocycles.